The number of rotatable bonds is 3. The Hall–Kier alpha value is -3.94. The summed E-state index contributed by atoms with van der Waals surface area (Å²) >= 11 is 0. The number of aromatic nitrogens is 4. The first-order valence-corrected chi connectivity index (χ1v) is 7.84. The molecule has 4 rings (SSSR count). The van der Waals surface area contributed by atoms with Gasteiger partial charge >= 0.3 is 11.7 Å². The van der Waals surface area contributed by atoms with Crippen molar-refractivity contribution >= 4 is 28.6 Å². The summed E-state index contributed by atoms with van der Waals surface area (Å²) in [4.78, 5) is 36.9. The Labute approximate surface area is 147 Å². The molecular formula is C18H14N6O2. The van der Waals surface area contributed by atoms with Gasteiger partial charge in [-0.3, -0.25) is 9.97 Å². The van der Waals surface area contributed by atoms with Crippen LogP contribution in [0.3, 0.4) is 0 Å². The van der Waals surface area contributed by atoms with Gasteiger partial charge in [-0.15, -0.1) is 0 Å². The van der Waals surface area contributed by atoms with Crippen LogP contribution in [0.4, 0.5) is 16.2 Å². The standard InChI is InChI=1S/C18H14N6O2/c25-17(22-13-5-8-19-9-6-13)21-12-3-1-11(2-4-12)14-7-10-20-16-15(14)23-18(26)24-16/h1-10H,(H2,19,21,22,25)(H2,20,23,24,26). The molecule has 0 bridgehead atoms. The molecule has 0 spiro atoms. The zero-order chi connectivity index (χ0) is 17.9. The van der Waals surface area contributed by atoms with Crippen molar-refractivity contribution in [1.29, 1.82) is 0 Å². The Bertz CT molecular complexity index is 1120. The monoisotopic (exact) mass is 346 g/mol. The molecule has 0 aliphatic heterocycles. The fourth-order valence-electron chi connectivity index (χ4n) is 2.64. The van der Waals surface area contributed by atoms with Gasteiger partial charge in [-0.1, -0.05) is 12.1 Å². The number of hydrogen-bond donors (Lipinski definition) is 4. The SMILES string of the molecule is O=C(Nc1ccncc1)Nc1ccc(-c2ccnc3[nH]c(=O)[nH]c23)cc1. The highest BCUT2D eigenvalue weighted by atomic mass is 16.2. The summed E-state index contributed by atoms with van der Waals surface area (Å²) in [7, 11) is 0. The quantitative estimate of drug-likeness (QED) is 0.456. The molecule has 0 unspecified atom stereocenters. The zero-order valence-electron chi connectivity index (χ0n) is 13.5. The van der Waals surface area contributed by atoms with Crippen molar-refractivity contribution in [3.8, 4) is 11.1 Å². The maximum absolute atomic E-state index is 12.0. The van der Waals surface area contributed by atoms with Crippen molar-refractivity contribution < 1.29 is 4.79 Å². The third kappa shape index (κ3) is 3.16. The van der Waals surface area contributed by atoms with Crippen LogP contribution in [-0.2, 0) is 0 Å². The number of carbonyl (C=O) groups excluding carboxylic acids is 1. The number of fused-ring (bicyclic) bond motifs is 1. The molecule has 0 saturated carbocycles. The predicted molar refractivity (Wildman–Crippen MR) is 99.0 cm³/mol. The Balaban J connectivity index is 1.53. The zero-order valence-corrected chi connectivity index (χ0v) is 13.5. The molecule has 0 fully saturated rings. The van der Waals surface area contributed by atoms with E-state index < -0.39 is 0 Å². The van der Waals surface area contributed by atoms with Crippen molar-refractivity contribution in [2.24, 2.45) is 0 Å². The van der Waals surface area contributed by atoms with Gasteiger partial charge in [-0.2, -0.15) is 0 Å². The van der Waals surface area contributed by atoms with E-state index in [1.807, 2.05) is 18.2 Å². The normalized spacial score (nSPS) is 10.6. The van der Waals surface area contributed by atoms with E-state index in [9.17, 15) is 9.59 Å². The third-order valence-electron chi connectivity index (χ3n) is 3.81. The van der Waals surface area contributed by atoms with Crippen LogP contribution in [0.1, 0.15) is 0 Å². The molecular weight excluding hydrogens is 332 g/mol. The van der Waals surface area contributed by atoms with E-state index in [1.54, 1.807) is 42.9 Å². The van der Waals surface area contributed by atoms with Gasteiger partial charge in [0, 0.05) is 35.5 Å². The van der Waals surface area contributed by atoms with Crippen LogP contribution in [0.2, 0.25) is 0 Å². The molecule has 2 amide bonds. The van der Waals surface area contributed by atoms with Gasteiger partial charge in [0.1, 0.15) is 0 Å². The van der Waals surface area contributed by atoms with Gasteiger partial charge in [-0.05, 0) is 35.9 Å². The molecule has 8 heteroatoms. The summed E-state index contributed by atoms with van der Waals surface area (Å²) in [5.74, 6) is 0. The second-order valence-electron chi connectivity index (χ2n) is 5.55. The van der Waals surface area contributed by atoms with Gasteiger partial charge < -0.3 is 15.6 Å². The predicted octanol–water partition coefficient (Wildman–Crippen LogP) is 2.96. The first kappa shape index (κ1) is 15.6. The van der Waals surface area contributed by atoms with Crippen LogP contribution in [0.5, 0.6) is 0 Å². The maximum Gasteiger partial charge on any atom is 0.325 e. The first-order valence-electron chi connectivity index (χ1n) is 7.84. The van der Waals surface area contributed by atoms with E-state index in [2.05, 4.69) is 30.6 Å². The Morgan fingerprint density at radius 1 is 0.846 bits per heavy atom. The largest absolute Gasteiger partial charge is 0.325 e. The van der Waals surface area contributed by atoms with Gasteiger partial charge in [0.25, 0.3) is 0 Å². The molecule has 26 heavy (non-hydrogen) atoms. The average Bonchev–Trinajstić information content (AvgIpc) is 3.03. The Morgan fingerprint density at radius 3 is 2.27 bits per heavy atom. The maximum atomic E-state index is 12.0. The van der Waals surface area contributed by atoms with Crippen molar-refractivity contribution in [3.63, 3.8) is 0 Å². The number of carbonyl (C=O) groups is 1. The van der Waals surface area contributed by atoms with E-state index >= 15 is 0 Å². The molecule has 128 valence electrons. The fraction of sp³-hybridized carbons (Fsp3) is 0. The number of aromatic amines is 2. The van der Waals surface area contributed by atoms with Crippen LogP contribution in [0.25, 0.3) is 22.3 Å². The van der Waals surface area contributed by atoms with Crippen molar-refractivity contribution in [2.75, 3.05) is 10.6 Å². The molecule has 0 saturated heterocycles. The molecule has 0 aliphatic carbocycles. The van der Waals surface area contributed by atoms with E-state index in [-0.39, 0.29) is 11.7 Å². The van der Waals surface area contributed by atoms with Crippen LogP contribution in [0, 0.1) is 0 Å². The fourth-order valence-corrected chi connectivity index (χ4v) is 2.64. The van der Waals surface area contributed by atoms with E-state index in [0.717, 1.165) is 11.1 Å². The summed E-state index contributed by atoms with van der Waals surface area (Å²) in [6.07, 6.45) is 4.84. The van der Waals surface area contributed by atoms with Crippen LogP contribution in [-0.4, -0.2) is 26.0 Å². The van der Waals surface area contributed by atoms with E-state index in [4.69, 9.17) is 0 Å². The molecule has 0 aliphatic rings. The number of nitrogens with zero attached hydrogens (tertiary/aromatic N) is 2. The number of hydrogen-bond acceptors (Lipinski definition) is 4. The number of benzene rings is 1. The van der Waals surface area contributed by atoms with E-state index in [1.165, 1.54) is 0 Å². The van der Waals surface area contributed by atoms with Gasteiger partial charge in [0.2, 0.25) is 0 Å². The Morgan fingerprint density at radius 2 is 1.54 bits per heavy atom. The van der Waals surface area contributed by atoms with Crippen LogP contribution < -0.4 is 16.3 Å². The number of amides is 2. The van der Waals surface area contributed by atoms with Crippen molar-refractivity contribution in [3.05, 3.63) is 71.5 Å². The summed E-state index contributed by atoms with van der Waals surface area (Å²) < 4.78 is 0. The number of pyridine rings is 2. The summed E-state index contributed by atoms with van der Waals surface area (Å²) in [5.41, 5.74) is 3.90. The highest BCUT2D eigenvalue weighted by Gasteiger charge is 2.08. The van der Waals surface area contributed by atoms with Gasteiger partial charge in [0.15, 0.2) is 5.65 Å². The minimum Gasteiger partial charge on any atom is -0.308 e. The van der Waals surface area contributed by atoms with Gasteiger partial charge in [-0.25, -0.2) is 14.6 Å². The molecule has 4 aromatic rings. The molecule has 0 radical (unpaired) electrons. The lowest BCUT2D eigenvalue weighted by atomic mass is 10.1. The lowest BCUT2D eigenvalue weighted by Crippen LogP contribution is -2.19. The van der Waals surface area contributed by atoms with Crippen molar-refractivity contribution in [2.45, 2.75) is 0 Å². The molecule has 3 heterocycles. The summed E-state index contributed by atoms with van der Waals surface area (Å²) in [5, 5.41) is 5.49. The molecule has 3 aromatic heterocycles. The molecule has 0 atom stereocenters. The lowest BCUT2D eigenvalue weighted by molar-refractivity contribution is 0.262. The summed E-state index contributed by atoms with van der Waals surface area (Å²) in [6.45, 7) is 0. The number of imidazole rings is 1. The van der Waals surface area contributed by atoms with Crippen LogP contribution in [0.15, 0.2) is 65.8 Å². The second kappa shape index (κ2) is 6.52. The minimum atomic E-state index is -0.342. The first-order chi connectivity index (χ1) is 12.7. The number of urea groups is 1. The lowest BCUT2D eigenvalue weighted by Gasteiger charge is -2.08. The minimum absolute atomic E-state index is 0.300. The summed E-state index contributed by atoms with van der Waals surface area (Å²) in [6, 6.07) is 12.2. The number of anilines is 2. The smallest absolute Gasteiger partial charge is 0.308 e. The van der Waals surface area contributed by atoms with Crippen molar-refractivity contribution in [1.82, 2.24) is 19.9 Å². The highest BCUT2D eigenvalue weighted by Crippen LogP contribution is 2.25. The third-order valence-corrected chi connectivity index (χ3v) is 3.81. The number of nitrogens with one attached hydrogen (secondary N) is 4. The Kier molecular flexibility index (Phi) is 3.91. The molecule has 8 nitrogen and oxygen atoms in total. The topological polar surface area (TPSA) is 116 Å². The average molecular weight is 346 g/mol. The molecule has 1 aromatic carbocycles. The molecule has 4 N–H and O–H groups in total. The number of H-pyrrole nitrogens is 2. The highest BCUT2D eigenvalue weighted by molar-refractivity contribution is 6.00. The second-order valence-corrected chi connectivity index (χ2v) is 5.55. The van der Waals surface area contributed by atoms with Crippen LogP contribution >= 0.6 is 0 Å². The van der Waals surface area contributed by atoms with Gasteiger partial charge in [0.05, 0.1) is 5.52 Å². The van der Waals surface area contributed by atoms with E-state index in [0.29, 0.717) is 22.5 Å².